The molecular formula is C15H21N5. The van der Waals surface area contributed by atoms with Gasteiger partial charge in [0.15, 0.2) is 5.82 Å². The molecule has 1 aliphatic heterocycles. The summed E-state index contributed by atoms with van der Waals surface area (Å²) in [5, 5.41) is 10.8. The number of likely N-dealkylation sites (tertiary alicyclic amines) is 1. The van der Waals surface area contributed by atoms with Gasteiger partial charge in [0, 0.05) is 23.8 Å². The van der Waals surface area contributed by atoms with Crippen molar-refractivity contribution in [2.75, 3.05) is 25.5 Å². The molecule has 0 radical (unpaired) electrons. The molecule has 1 saturated heterocycles. The van der Waals surface area contributed by atoms with Crippen LogP contribution in [0.15, 0.2) is 24.3 Å². The summed E-state index contributed by atoms with van der Waals surface area (Å²) in [4.78, 5) is 6.81. The predicted octanol–water partition coefficient (Wildman–Crippen LogP) is 2.29. The monoisotopic (exact) mass is 271 g/mol. The first-order valence-electron chi connectivity index (χ1n) is 7.16. The van der Waals surface area contributed by atoms with Crippen LogP contribution in [-0.4, -0.2) is 46.3 Å². The zero-order valence-electron chi connectivity index (χ0n) is 12.1. The van der Waals surface area contributed by atoms with E-state index in [0.717, 1.165) is 29.4 Å². The van der Waals surface area contributed by atoms with Crippen molar-refractivity contribution < 1.29 is 0 Å². The molecule has 0 aliphatic carbocycles. The lowest BCUT2D eigenvalue weighted by molar-refractivity contribution is 0.261. The predicted molar refractivity (Wildman–Crippen MR) is 80.7 cm³/mol. The topological polar surface area (TPSA) is 56.8 Å². The number of H-pyrrole nitrogens is 1. The Bertz CT molecular complexity index is 577. The lowest BCUT2D eigenvalue weighted by Gasteiger charge is -2.31. The Morgan fingerprint density at radius 2 is 2.20 bits per heavy atom. The molecule has 0 amide bonds. The molecule has 0 saturated carbocycles. The van der Waals surface area contributed by atoms with Crippen molar-refractivity contribution >= 4 is 5.69 Å². The lowest BCUT2D eigenvalue weighted by atomic mass is 10.0. The first-order valence-corrected chi connectivity index (χ1v) is 7.16. The zero-order chi connectivity index (χ0) is 13.9. The molecule has 0 spiro atoms. The zero-order valence-corrected chi connectivity index (χ0v) is 12.1. The summed E-state index contributed by atoms with van der Waals surface area (Å²) < 4.78 is 0. The molecule has 1 aromatic heterocycles. The molecule has 1 unspecified atom stereocenters. The molecule has 2 N–H and O–H groups in total. The van der Waals surface area contributed by atoms with Crippen LogP contribution in [0.1, 0.15) is 18.7 Å². The van der Waals surface area contributed by atoms with Crippen LogP contribution in [0.25, 0.3) is 11.4 Å². The maximum Gasteiger partial charge on any atom is 0.183 e. The highest BCUT2D eigenvalue weighted by atomic mass is 15.2. The number of nitrogens with zero attached hydrogens (tertiary/aromatic N) is 3. The van der Waals surface area contributed by atoms with Crippen molar-refractivity contribution in [2.45, 2.75) is 25.8 Å². The van der Waals surface area contributed by atoms with E-state index in [1.807, 2.05) is 13.0 Å². The smallest absolute Gasteiger partial charge is 0.183 e. The van der Waals surface area contributed by atoms with E-state index in [0.29, 0.717) is 6.04 Å². The van der Waals surface area contributed by atoms with E-state index in [-0.39, 0.29) is 0 Å². The third-order valence-corrected chi connectivity index (χ3v) is 3.75. The van der Waals surface area contributed by atoms with Gasteiger partial charge in [-0.25, -0.2) is 4.98 Å². The third-order valence-electron chi connectivity index (χ3n) is 3.75. The van der Waals surface area contributed by atoms with Crippen molar-refractivity contribution in [3.05, 3.63) is 30.1 Å². The Balaban J connectivity index is 1.83. The van der Waals surface area contributed by atoms with Crippen LogP contribution in [0.4, 0.5) is 5.69 Å². The van der Waals surface area contributed by atoms with Gasteiger partial charge in [-0.15, -0.1) is 0 Å². The maximum atomic E-state index is 4.43. The van der Waals surface area contributed by atoms with Gasteiger partial charge >= 0.3 is 0 Å². The minimum Gasteiger partial charge on any atom is -0.380 e. The molecule has 1 aliphatic rings. The average Bonchev–Trinajstić information content (AvgIpc) is 2.86. The van der Waals surface area contributed by atoms with E-state index in [1.54, 1.807) is 0 Å². The number of nitrogens with one attached hydrogen (secondary N) is 2. The Kier molecular flexibility index (Phi) is 3.69. The van der Waals surface area contributed by atoms with Crippen LogP contribution in [-0.2, 0) is 0 Å². The van der Waals surface area contributed by atoms with Gasteiger partial charge < -0.3 is 10.2 Å². The third kappa shape index (κ3) is 2.82. The van der Waals surface area contributed by atoms with Gasteiger partial charge in [-0.3, -0.25) is 5.10 Å². The van der Waals surface area contributed by atoms with E-state index >= 15 is 0 Å². The van der Waals surface area contributed by atoms with E-state index in [2.05, 4.69) is 50.6 Å². The SMILES string of the molecule is Cc1nc(-c2ccccc2NC2CCCN(C)C2)n[nH]1. The lowest BCUT2D eigenvalue weighted by Crippen LogP contribution is -2.39. The molecule has 20 heavy (non-hydrogen) atoms. The summed E-state index contributed by atoms with van der Waals surface area (Å²) in [6.07, 6.45) is 2.46. The molecule has 0 bridgehead atoms. The summed E-state index contributed by atoms with van der Waals surface area (Å²) in [6.45, 7) is 4.20. The number of likely N-dealkylation sites (N-methyl/N-ethyl adjacent to an activating group) is 1. The molecule has 5 nitrogen and oxygen atoms in total. The summed E-state index contributed by atoms with van der Waals surface area (Å²) in [5.74, 6) is 1.60. The molecule has 1 aromatic carbocycles. The number of aryl methyl sites for hydroxylation is 1. The van der Waals surface area contributed by atoms with Gasteiger partial charge in [0.05, 0.1) is 0 Å². The number of anilines is 1. The first kappa shape index (κ1) is 13.1. The number of rotatable bonds is 3. The van der Waals surface area contributed by atoms with Crippen molar-refractivity contribution in [3.8, 4) is 11.4 Å². The average molecular weight is 271 g/mol. The Morgan fingerprint density at radius 1 is 1.35 bits per heavy atom. The minimum absolute atomic E-state index is 0.495. The Morgan fingerprint density at radius 3 is 2.95 bits per heavy atom. The number of aromatic amines is 1. The number of aromatic nitrogens is 3. The number of piperidine rings is 1. The summed E-state index contributed by atoms with van der Waals surface area (Å²) in [7, 11) is 2.18. The van der Waals surface area contributed by atoms with Crippen molar-refractivity contribution in [1.29, 1.82) is 0 Å². The van der Waals surface area contributed by atoms with Crippen molar-refractivity contribution in [1.82, 2.24) is 20.1 Å². The van der Waals surface area contributed by atoms with Crippen molar-refractivity contribution in [2.24, 2.45) is 0 Å². The number of para-hydroxylation sites is 1. The van der Waals surface area contributed by atoms with E-state index in [4.69, 9.17) is 0 Å². The van der Waals surface area contributed by atoms with Gasteiger partial charge in [-0.1, -0.05) is 12.1 Å². The van der Waals surface area contributed by atoms with Gasteiger partial charge in [0.1, 0.15) is 5.82 Å². The Hall–Kier alpha value is -1.88. The van der Waals surface area contributed by atoms with Gasteiger partial charge in [-0.2, -0.15) is 5.10 Å². The Labute approximate surface area is 119 Å². The second-order valence-electron chi connectivity index (χ2n) is 5.54. The van der Waals surface area contributed by atoms with E-state index in [1.165, 1.54) is 19.4 Å². The van der Waals surface area contributed by atoms with Gasteiger partial charge in [0.25, 0.3) is 0 Å². The van der Waals surface area contributed by atoms with Gasteiger partial charge in [-0.05, 0) is 45.5 Å². The number of benzene rings is 1. The largest absolute Gasteiger partial charge is 0.380 e. The highest BCUT2D eigenvalue weighted by Gasteiger charge is 2.18. The van der Waals surface area contributed by atoms with E-state index in [9.17, 15) is 0 Å². The van der Waals surface area contributed by atoms with Crippen molar-refractivity contribution in [3.63, 3.8) is 0 Å². The molecule has 2 aromatic rings. The highest BCUT2D eigenvalue weighted by Crippen LogP contribution is 2.26. The fourth-order valence-electron chi connectivity index (χ4n) is 2.77. The maximum absolute atomic E-state index is 4.43. The molecule has 1 atom stereocenters. The van der Waals surface area contributed by atoms with Crippen LogP contribution < -0.4 is 5.32 Å². The molecular weight excluding hydrogens is 250 g/mol. The normalized spacial score (nSPS) is 20.0. The highest BCUT2D eigenvalue weighted by molar-refractivity contribution is 5.73. The van der Waals surface area contributed by atoms with Gasteiger partial charge in [0.2, 0.25) is 0 Å². The molecule has 2 heterocycles. The molecule has 1 fully saturated rings. The van der Waals surface area contributed by atoms with Crippen LogP contribution >= 0.6 is 0 Å². The summed E-state index contributed by atoms with van der Waals surface area (Å²) in [5.41, 5.74) is 2.18. The fraction of sp³-hybridized carbons (Fsp3) is 0.467. The molecule has 106 valence electrons. The van der Waals surface area contributed by atoms with Crippen LogP contribution in [0.3, 0.4) is 0 Å². The summed E-state index contributed by atoms with van der Waals surface area (Å²) in [6, 6.07) is 8.75. The fourth-order valence-corrected chi connectivity index (χ4v) is 2.77. The number of hydrogen-bond acceptors (Lipinski definition) is 4. The minimum atomic E-state index is 0.495. The summed E-state index contributed by atoms with van der Waals surface area (Å²) >= 11 is 0. The quantitative estimate of drug-likeness (QED) is 0.899. The number of hydrogen-bond donors (Lipinski definition) is 2. The van der Waals surface area contributed by atoms with E-state index < -0.39 is 0 Å². The standard InChI is InChI=1S/C15H21N5/c1-11-16-15(19-18-11)13-7-3-4-8-14(13)17-12-6-5-9-20(2)10-12/h3-4,7-8,12,17H,5-6,9-10H2,1-2H3,(H,16,18,19). The second-order valence-corrected chi connectivity index (χ2v) is 5.54. The molecule has 5 heteroatoms. The van der Waals surface area contributed by atoms with Crippen LogP contribution in [0.5, 0.6) is 0 Å². The van der Waals surface area contributed by atoms with Crippen LogP contribution in [0, 0.1) is 6.92 Å². The first-order chi connectivity index (χ1) is 9.72. The second kappa shape index (κ2) is 5.63. The molecule has 3 rings (SSSR count). The van der Waals surface area contributed by atoms with Crippen LogP contribution in [0.2, 0.25) is 0 Å².